The fraction of sp³-hybridized carbons (Fsp3) is 0.176. The maximum atomic E-state index is 13.7. The molecule has 1 aromatic carbocycles. The highest BCUT2D eigenvalue weighted by Gasteiger charge is 2.21. The number of thiophene rings is 1. The van der Waals surface area contributed by atoms with Crippen molar-refractivity contribution in [1.82, 2.24) is 10.3 Å². The van der Waals surface area contributed by atoms with Crippen molar-refractivity contribution in [2.75, 3.05) is 5.73 Å². The summed E-state index contributed by atoms with van der Waals surface area (Å²) in [7, 11) is 0. The summed E-state index contributed by atoms with van der Waals surface area (Å²) in [5.74, 6) is -2.41. The van der Waals surface area contributed by atoms with Gasteiger partial charge in [-0.05, 0) is 25.5 Å². The predicted octanol–water partition coefficient (Wildman–Crippen LogP) is 4.36. The molecule has 130 valence electrons. The quantitative estimate of drug-likeness (QED) is 0.708. The molecule has 0 bridgehead atoms. The molecule has 3 aromatic rings. The lowest BCUT2D eigenvalue weighted by molar-refractivity contribution is 0.0955. The molecular weight excluding hydrogens is 368 g/mol. The van der Waals surface area contributed by atoms with Crippen molar-refractivity contribution in [2.45, 2.75) is 20.4 Å². The SMILES string of the molecule is Cc1nc2sc(C(=O)NCc3cccc(F)c3F)c(N)c2c(C)c1Cl. The van der Waals surface area contributed by atoms with Gasteiger partial charge in [-0.1, -0.05) is 23.7 Å². The molecule has 25 heavy (non-hydrogen) atoms. The summed E-state index contributed by atoms with van der Waals surface area (Å²) >= 11 is 7.34. The van der Waals surface area contributed by atoms with Crippen molar-refractivity contribution in [1.29, 1.82) is 0 Å². The summed E-state index contributed by atoms with van der Waals surface area (Å²) in [5.41, 5.74) is 7.85. The zero-order valence-electron chi connectivity index (χ0n) is 13.4. The summed E-state index contributed by atoms with van der Waals surface area (Å²) in [5, 5.41) is 3.70. The maximum absolute atomic E-state index is 13.7. The van der Waals surface area contributed by atoms with Crippen molar-refractivity contribution in [2.24, 2.45) is 0 Å². The summed E-state index contributed by atoms with van der Waals surface area (Å²) in [6.07, 6.45) is 0. The van der Waals surface area contributed by atoms with Crippen LogP contribution >= 0.6 is 22.9 Å². The minimum absolute atomic E-state index is 0.0567. The lowest BCUT2D eigenvalue weighted by atomic mass is 10.1. The van der Waals surface area contributed by atoms with Gasteiger partial charge >= 0.3 is 0 Å². The predicted molar refractivity (Wildman–Crippen MR) is 96.0 cm³/mol. The van der Waals surface area contributed by atoms with E-state index in [-0.39, 0.29) is 22.7 Å². The van der Waals surface area contributed by atoms with E-state index in [0.29, 0.717) is 20.9 Å². The third-order valence-corrected chi connectivity index (χ3v) is 5.55. The van der Waals surface area contributed by atoms with Crippen molar-refractivity contribution in [3.63, 3.8) is 0 Å². The molecule has 0 aliphatic rings. The van der Waals surface area contributed by atoms with Crippen LogP contribution in [0.3, 0.4) is 0 Å². The lowest BCUT2D eigenvalue weighted by Crippen LogP contribution is -2.23. The smallest absolute Gasteiger partial charge is 0.263 e. The first-order chi connectivity index (χ1) is 11.8. The van der Waals surface area contributed by atoms with Gasteiger partial charge in [0, 0.05) is 17.5 Å². The van der Waals surface area contributed by atoms with Crippen molar-refractivity contribution >= 4 is 44.7 Å². The third-order valence-electron chi connectivity index (χ3n) is 3.89. The van der Waals surface area contributed by atoms with Crippen LogP contribution < -0.4 is 11.1 Å². The molecule has 0 fully saturated rings. The van der Waals surface area contributed by atoms with Gasteiger partial charge in [-0.15, -0.1) is 11.3 Å². The number of benzene rings is 1. The summed E-state index contributed by atoms with van der Waals surface area (Å²) in [4.78, 5) is 17.7. The normalized spacial score (nSPS) is 11.1. The van der Waals surface area contributed by atoms with Gasteiger partial charge < -0.3 is 11.1 Å². The van der Waals surface area contributed by atoms with Crippen LogP contribution in [0.5, 0.6) is 0 Å². The highest BCUT2D eigenvalue weighted by Crippen LogP contribution is 2.38. The second kappa shape index (κ2) is 6.57. The number of fused-ring (bicyclic) bond motifs is 1. The molecule has 8 heteroatoms. The van der Waals surface area contributed by atoms with E-state index < -0.39 is 17.5 Å². The van der Waals surface area contributed by atoms with Crippen LogP contribution in [0.2, 0.25) is 5.02 Å². The largest absolute Gasteiger partial charge is 0.397 e. The molecule has 1 amide bonds. The van der Waals surface area contributed by atoms with Crippen molar-refractivity contribution in [3.05, 3.63) is 56.6 Å². The first-order valence-corrected chi connectivity index (χ1v) is 8.56. The minimum atomic E-state index is -0.980. The molecule has 2 aromatic heterocycles. The van der Waals surface area contributed by atoms with E-state index in [4.69, 9.17) is 17.3 Å². The summed E-state index contributed by atoms with van der Waals surface area (Å²) in [6.45, 7) is 3.44. The Bertz CT molecular complexity index is 1000. The molecule has 0 saturated heterocycles. The molecule has 0 aliphatic heterocycles. The summed E-state index contributed by atoms with van der Waals surface area (Å²) < 4.78 is 26.9. The van der Waals surface area contributed by atoms with Gasteiger partial charge in [-0.3, -0.25) is 4.79 Å². The monoisotopic (exact) mass is 381 g/mol. The zero-order valence-corrected chi connectivity index (χ0v) is 15.0. The Kier molecular flexibility index (Phi) is 4.62. The van der Waals surface area contributed by atoms with E-state index in [1.165, 1.54) is 12.1 Å². The van der Waals surface area contributed by atoms with E-state index in [2.05, 4.69) is 10.3 Å². The Balaban J connectivity index is 1.91. The number of carbonyl (C=O) groups excluding carboxylic acids is 1. The molecule has 2 heterocycles. The van der Waals surface area contributed by atoms with Gasteiger partial charge in [0.05, 0.1) is 16.4 Å². The number of anilines is 1. The van der Waals surface area contributed by atoms with E-state index in [1.807, 2.05) is 6.92 Å². The molecule has 0 aliphatic carbocycles. The van der Waals surface area contributed by atoms with Crippen LogP contribution in [0.4, 0.5) is 14.5 Å². The minimum Gasteiger partial charge on any atom is -0.397 e. The number of halogens is 3. The molecule has 3 rings (SSSR count). The Labute approximate surface area is 151 Å². The molecule has 0 atom stereocenters. The Morgan fingerprint density at radius 1 is 1.36 bits per heavy atom. The number of aromatic nitrogens is 1. The fourth-order valence-electron chi connectivity index (χ4n) is 2.56. The zero-order chi connectivity index (χ0) is 18.3. The standard InChI is InChI=1S/C17H14ClF2N3OS/c1-7-11-14(21)15(25-17(11)23-8(2)12(7)18)16(24)22-6-9-4-3-5-10(19)13(9)20/h3-5H,6,21H2,1-2H3,(H,22,24). The van der Waals surface area contributed by atoms with Crippen LogP contribution in [0.15, 0.2) is 18.2 Å². The van der Waals surface area contributed by atoms with Gasteiger partial charge in [0.25, 0.3) is 5.91 Å². The number of nitrogens with two attached hydrogens (primary N) is 1. The molecule has 4 nitrogen and oxygen atoms in total. The van der Waals surface area contributed by atoms with Gasteiger partial charge in [-0.2, -0.15) is 0 Å². The van der Waals surface area contributed by atoms with Gasteiger partial charge in [0.1, 0.15) is 9.71 Å². The average molecular weight is 382 g/mol. The molecule has 3 N–H and O–H groups in total. The van der Waals surface area contributed by atoms with Crippen LogP contribution in [-0.4, -0.2) is 10.9 Å². The first kappa shape index (κ1) is 17.6. The van der Waals surface area contributed by atoms with Gasteiger partial charge in [-0.25, -0.2) is 13.8 Å². The fourth-order valence-corrected chi connectivity index (χ4v) is 3.82. The molecule has 0 radical (unpaired) electrons. The Morgan fingerprint density at radius 2 is 2.08 bits per heavy atom. The number of nitrogen functional groups attached to an aromatic ring is 1. The van der Waals surface area contributed by atoms with E-state index in [1.54, 1.807) is 6.92 Å². The van der Waals surface area contributed by atoms with Gasteiger partial charge in [0.2, 0.25) is 0 Å². The highest BCUT2D eigenvalue weighted by atomic mass is 35.5. The average Bonchev–Trinajstić information content (AvgIpc) is 2.90. The number of pyridine rings is 1. The van der Waals surface area contributed by atoms with E-state index in [0.717, 1.165) is 23.0 Å². The number of hydrogen-bond acceptors (Lipinski definition) is 4. The molecular formula is C17H14ClF2N3OS. The number of rotatable bonds is 3. The molecule has 0 spiro atoms. The maximum Gasteiger partial charge on any atom is 0.263 e. The topological polar surface area (TPSA) is 68.0 Å². The first-order valence-electron chi connectivity index (χ1n) is 7.37. The number of carbonyl (C=O) groups is 1. The Hall–Kier alpha value is -2.25. The number of hydrogen-bond donors (Lipinski definition) is 2. The van der Waals surface area contributed by atoms with Crippen molar-refractivity contribution < 1.29 is 13.6 Å². The van der Waals surface area contributed by atoms with Gasteiger partial charge in [0.15, 0.2) is 11.6 Å². The lowest BCUT2D eigenvalue weighted by Gasteiger charge is -2.06. The number of aryl methyl sites for hydroxylation is 2. The highest BCUT2D eigenvalue weighted by molar-refractivity contribution is 7.21. The van der Waals surface area contributed by atoms with Crippen LogP contribution in [0, 0.1) is 25.5 Å². The number of amides is 1. The second-order valence-electron chi connectivity index (χ2n) is 5.56. The number of nitrogens with zero attached hydrogens (tertiary/aromatic N) is 1. The van der Waals surface area contributed by atoms with Crippen LogP contribution in [-0.2, 0) is 6.54 Å². The van der Waals surface area contributed by atoms with E-state index >= 15 is 0 Å². The van der Waals surface area contributed by atoms with Crippen molar-refractivity contribution in [3.8, 4) is 0 Å². The Morgan fingerprint density at radius 3 is 2.80 bits per heavy atom. The van der Waals surface area contributed by atoms with E-state index in [9.17, 15) is 13.6 Å². The second-order valence-corrected chi connectivity index (χ2v) is 6.93. The number of nitrogens with one attached hydrogen (secondary N) is 1. The molecule has 0 saturated carbocycles. The molecule has 0 unspecified atom stereocenters. The summed E-state index contributed by atoms with van der Waals surface area (Å²) in [6, 6.07) is 3.80. The van der Waals surface area contributed by atoms with Crippen LogP contribution in [0.25, 0.3) is 10.2 Å². The third kappa shape index (κ3) is 3.05. The van der Waals surface area contributed by atoms with Crippen LogP contribution in [0.1, 0.15) is 26.5 Å².